The van der Waals surface area contributed by atoms with Gasteiger partial charge in [-0.2, -0.15) is 4.98 Å². The van der Waals surface area contributed by atoms with E-state index in [0.717, 1.165) is 55.4 Å². The molecule has 0 aliphatic carbocycles. The zero-order valence-electron chi connectivity index (χ0n) is 26.8. The fraction of sp³-hybridized carbons (Fsp3) is 0.529. The Bertz CT molecular complexity index is 1670. The molecule has 0 radical (unpaired) electrons. The lowest BCUT2D eigenvalue weighted by Crippen LogP contribution is -2.46. The summed E-state index contributed by atoms with van der Waals surface area (Å²) in [5.74, 6) is 2.31. The smallest absolute Gasteiger partial charge is 0.325 e. The number of nitrogens with zero attached hydrogens (tertiary/aromatic N) is 7. The fourth-order valence-electron chi connectivity index (χ4n) is 8.09. The summed E-state index contributed by atoms with van der Waals surface area (Å²) in [6.45, 7) is 9.24. The number of morpholine rings is 1. The van der Waals surface area contributed by atoms with Crippen molar-refractivity contribution in [2.45, 2.75) is 75.7 Å². The van der Waals surface area contributed by atoms with Gasteiger partial charge in [-0.3, -0.25) is 9.69 Å². The lowest BCUT2D eigenvalue weighted by atomic mass is 9.88. The van der Waals surface area contributed by atoms with Crippen LogP contribution in [0.1, 0.15) is 51.5 Å². The van der Waals surface area contributed by atoms with Crippen molar-refractivity contribution in [1.29, 1.82) is 0 Å². The van der Waals surface area contributed by atoms with Crippen molar-refractivity contribution < 1.29 is 18.7 Å². The standard InChI is InChI=1S/C34H41FN8O3/c1-20-19-45-31(44)18-41(20)29-6-5-7-30(38-29)43-28-14-34(2,3)46-11-10-24(28)25-15-36-33(39-32(25)43)37-21-8-9-27(26(35)12-21)42-17-22-13-23(42)16-40(22)4/h5-9,12,15,20,22-24,28H,10-11,13-14,16-19H2,1-4H3,(H,36,37,39)/t20?,22-,23?,24?,28?/m1/s1. The Hall–Kier alpha value is -4.03. The van der Waals surface area contributed by atoms with Crippen molar-refractivity contribution >= 4 is 40.7 Å². The summed E-state index contributed by atoms with van der Waals surface area (Å²) >= 11 is 0. The molecule has 2 aromatic heterocycles. The summed E-state index contributed by atoms with van der Waals surface area (Å²) in [5, 5.41) is 3.27. The van der Waals surface area contributed by atoms with Crippen molar-refractivity contribution in [3.63, 3.8) is 0 Å². The second-order valence-corrected chi connectivity index (χ2v) is 14.1. The van der Waals surface area contributed by atoms with Crippen LogP contribution in [0, 0.1) is 5.82 Å². The van der Waals surface area contributed by atoms with Crippen molar-refractivity contribution in [3.8, 4) is 0 Å². The molecule has 0 saturated carbocycles. The van der Waals surface area contributed by atoms with E-state index < -0.39 is 0 Å². The number of rotatable bonds is 5. The molecule has 12 heteroatoms. The van der Waals surface area contributed by atoms with Gasteiger partial charge in [-0.25, -0.2) is 14.4 Å². The molecule has 46 heavy (non-hydrogen) atoms. The van der Waals surface area contributed by atoms with Gasteiger partial charge < -0.3 is 29.5 Å². The number of piperazine rings is 1. The van der Waals surface area contributed by atoms with Gasteiger partial charge in [0.25, 0.3) is 0 Å². The van der Waals surface area contributed by atoms with Crippen LogP contribution in [-0.2, 0) is 14.3 Å². The topological polar surface area (TPSA) is 99.2 Å². The van der Waals surface area contributed by atoms with Crippen molar-refractivity contribution in [2.24, 2.45) is 0 Å². The second-order valence-electron chi connectivity index (χ2n) is 14.1. The first-order valence-electron chi connectivity index (χ1n) is 16.4. The molecule has 2 bridgehead atoms. The first-order valence-corrected chi connectivity index (χ1v) is 16.4. The van der Waals surface area contributed by atoms with Crippen molar-refractivity contribution in [3.05, 3.63) is 54.0 Å². The summed E-state index contributed by atoms with van der Waals surface area (Å²) in [5.41, 5.74) is 1.97. The number of benzene rings is 1. The maximum atomic E-state index is 15.5. The van der Waals surface area contributed by atoms with Crippen LogP contribution in [0.25, 0.3) is 0 Å². The molecule has 242 valence electrons. The van der Waals surface area contributed by atoms with Crippen LogP contribution >= 0.6 is 0 Å². The van der Waals surface area contributed by atoms with E-state index in [2.05, 4.69) is 40.9 Å². The van der Waals surface area contributed by atoms with Gasteiger partial charge in [-0.15, -0.1) is 0 Å². The number of halogens is 1. The lowest BCUT2D eigenvalue weighted by molar-refractivity contribution is -0.145. The SMILES string of the molecule is CC1COC(=O)CN1c1cccc(N2c3nc(Nc4ccc(N5C[C@H]6CC5CN6C)c(F)c4)ncc3C3CCOC(C)(C)CC32)n1. The number of likely N-dealkylation sites (N-methyl/N-ethyl adjacent to an activating group) is 1. The molecule has 4 saturated heterocycles. The number of ether oxygens (including phenoxy) is 2. The van der Waals surface area contributed by atoms with Crippen LogP contribution in [0.2, 0.25) is 0 Å². The number of carbonyl (C=O) groups excluding carboxylic acids is 1. The van der Waals surface area contributed by atoms with Gasteiger partial charge in [-0.1, -0.05) is 6.07 Å². The van der Waals surface area contributed by atoms with Gasteiger partial charge in [0.05, 0.1) is 17.3 Å². The molecule has 4 unspecified atom stereocenters. The Labute approximate surface area is 268 Å². The number of carbonyl (C=O) groups is 1. The lowest BCUT2D eigenvalue weighted by Gasteiger charge is -2.35. The van der Waals surface area contributed by atoms with Crippen LogP contribution in [-0.4, -0.2) is 95.5 Å². The van der Waals surface area contributed by atoms with E-state index in [9.17, 15) is 4.79 Å². The quantitative estimate of drug-likeness (QED) is 0.402. The molecular formula is C34H41FN8O3. The highest BCUT2D eigenvalue weighted by Crippen LogP contribution is 2.50. The zero-order valence-corrected chi connectivity index (χ0v) is 26.8. The minimum atomic E-state index is -0.333. The van der Waals surface area contributed by atoms with Crippen LogP contribution < -0.4 is 20.0 Å². The molecule has 0 spiro atoms. The average Bonchev–Trinajstić information content (AvgIpc) is 3.65. The van der Waals surface area contributed by atoms with Crippen LogP contribution in [0.5, 0.6) is 0 Å². The van der Waals surface area contributed by atoms with Crippen molar-refractivity contribution in [1.82, 2.24) is 19.9 Å². The van der Waals surface area contributed by atoms with E-state index in [1.807, 2.05) is 48.4 Å². The Morgan fingerprint density at radius 1 is 1.07 bits per heavy atom. The van der Waals surface area contributed by atoms with E-state index in [1.165, 1.54) is 0 Å². The summed E-state index contributed by atoms with van der Waals surface area (Å²) in [7, 11) is 2.15. The third-order valence-corrected chi connectivity index (χ3v) is 10.4. The predicted octanol–water partition coefficient (Wildman–Crippen LogP) is 4.59. The number of cyclic esters (lactones) is 1. The molecule has 11 nitrogen and oxygen atoms in total. The minimum Gasteiger partial charge on any atom is -0.462 e. The maximum absolute atomic E-state index is 15.5. The Morgan fingerprint density at radius 3 is 2.70 bits per heavy atom. The minimum absolute atomic E-state index is 0.0103. The highest BCUT2D eigenvalue weighted by atomic mass is 19.1. The Kier molecular flexibility index (Phi) is 7.06. The van der Waals surface area contributed by atoms with E-state index in [0.29, 0.717) is 42.6 Å². The number of hydrogen-bond acceptors (Lipinski definition) is 11. The molecule has 1 aromatic carbocycles. The first kappa shape index (κ1) is 29.4. The van der Waals surface area contributed by atoms with E-state index in [-0.39, 0.29) is 41.9 Å². The average molecular weight is 629 g/mol. The zero-order chi connectivity index (χ0) is 31.7. The van der Waals surface area contributed by atoms with E-state index in [4.69, 9.17) is 24.4 Å². The predicted molar refractivity (Wildman–Crippen MR) is 174 cm³/mol. The van der Waals surface area contributed by atoms with E-state index in [1.54, 1.807) is 6.07 Å². The van der Waals surface area contributed by atoms with Crippen molar-refractivity contribution in [2.75, 3.05) is 59.9 Å². The Balaban J connectivity index is 1.11. The molecule has 0 amide bonds. The molecule has 1 N–H and O–H groups in total. The number of fused-ring (bicyclic) bond motifs is 5. The molecule has 5 atom stereocenters. The number of aromatic nitrogens is 3. The summed E-state index contributed by atoms with van der Waals surface area (Å²) in [4.78, 5) is 35.8. The van der Waals surface area contributed by atoms with Gasteiger partial charge >= 0.3 is 5.97 Å². The third-order valence-electron chi connectivity index (χ3n) is 10.4. The fourth-order valence-corrected chi connectivity index (χ4v) is 8.09. The van der Waals surface area contributed by atoms with Crippen LogP contribution in [0.15, 0.2) is 42.6 Å². The van der Waals surface area contributed by atoms with Crippen LogP contribution in [0.4, 0.5) is 39.2 Å². The van der Waals surface area contributed by atoms with Gasteiger partial charge in [0, 0.05) is 61.2 Å². The number of hydrogen-bond donors (Lipinski definition) is 1. The molecule has 3 aromatic rings. The highest BCUT2D eigenvalue weighted by Gasteiger charge is 2.46. The number of likely N-dealkylation sites (tertiary alicyclic amines) is 1. The van der Waals surface area contributed by atoms with Gasteiger partial charge in [0.2, 0.25) is 5.95 Å². The molecular weight excluding hydrogens is 587 g/mol. The third kappa shape index (κ3) is 5.11. The number of pyridine rings is 1. The molecule has 5 aliphatic heterocycles. The van der Waals surface area contributed by atoms with Gasteiger partial charge in [-0.05, 0) is 77.4 Å². The second kappa shape index (κ2) is 11.0. The summed E-state index contributed by atoms with van der Waals surface area (Å²) in [6, 6.07) is 12.1. The normalized spacial score (nSPS) is 28.6. The number of nitrogens with one attached hydrogen (secondary N) is 1. The van der Waals surface area contributed by atoms with Crippen LogP contribution in [0.3, 0.4) is 0 Å². The van der Waals surface area contributed by atoms with Gasteiger partial charge in [0.1, 0.15) is 36.4 Å². The van der Waals surface area contributed by atoms with Gasteiger partial charge in [0.15, 0.2) is 0 Å². The van der Waals surface area contributed by atoms with E-state index >= 15 is 4.39 Å². The largest absolute Gasteiger partial charge is 0.462 e. The maximum Gasteiger partial charge on any atom is 0.325 e. The monoisotopic (exact) mass is 628 g/mol. The summed E-state index contributed by atoms with van der Waals surface area (Å²) in [6.07, 6.45) is 4.59. The highest BCUT2D eigenvalue weighted by molar-refractivity contribution is 5.77. The number of anilines is 6. The first-order chi connectivity index (χ1) is 22.1. The Morgan fingerprint density at radius 2 is 1.91 bits per heavy atom. The molecule has 5 aliphatic rings. The molecule has 8 rings (SSSR count). The number of esters is 1. The summed E-state index contributed by atoms with van der Waals surface area (Å²) < 4.78 is 27.0. The molecule has 7 heterocycles. The molecule has 4 fully saturated rings.